The van der Waals surface area contributed by atoms with Crippen molar-refractivity contribution < 1.29 is 13.2 Å². The van der Waals surface area contributed by atoms with Crippen molar-refractivity contribution in [3.05, 3.63) is 28.2 Å². The molecular formula is C14H19Cl2N3O3S. The van der Waals surface area contributed by atoms with Crippen molar-refractivity contribution in [2.45, 2.75) is 25.8 Å². The highest BCUT2D eigenvalue weighted by molar-refractivity contribution is 7.89. The molecule has 0 aromatic heterocycles. The number of hydrogen-bond acceptors (Lipinski definition) is 3. The van der Waals surface area contributed by atoms with Crippen molar-refractivity contribution in [2.24, 2.45) is 0 Å². The summed E-state index contributed by atoms with van der Waals surface area (Å²) in [4.78, 5) is 12.0. The van der Waals surface area contributed by atoms with Gasteiger partial charge >= 0.3 is 6.03 Å². The van der Waals surface area contributed by atoms with Gasteiger partial charge in [0, 0.05) is 19.1 Å². The van der Waals surface area contributed by atoms with Gasteiger partial charge in [0.15, 0.2) is 0 Å². The topological polar surface area (TPSA) is 78.5 Å². The Bertz CT molecular complexity index is 674. The Balaban J connectivity index is 1.87. The van der Waals surface area contributed by atoms with Crippen LogP contribution in [0.25, 0.3) is 0 Å². The molecule has 0 unspecified atom stereocenters. The molecule has 1 aliphatic rings. The summed E-state index contributed by atoms with van der Waals surface area (Å²) in [6.07, 6.45) is 1.16. The van der Waals surface area contributed by atoms with Crippen molar-refractivity contribution in [1.82, 2.24) is 9.62 Å². The highest BCUT2D eigenvalue weighted by Gasteiger charge is 2.27. The van der Waals surface area contributed by atoms with E-state index in [0.717, 1.165) is 0 Å². The second-order valence-corrected chi connectivity index (χ2v) is 8.32. The minimum atomic E-state index is -3.16. The van der Waals surface area contributed by atoms with E-state index in [9.17, 15) is 13.2 Å². The molecule has 0 bridgehead atoms. The lowest BCUT2D eigenvalue weighted by Gasteiger charge is -2.31. The van der Waals surface area contributed by atoms with Gasteiger partial charge in [-0.1, -0.05) is 29.3 Å². The Hall–Kier alpha value is -1.02. The van der Waals surface area contributed by atoms with Gasteiger partial charge in [-0.3, -0.25) is 0 Å². The van der Waals surface area contributed by atoms with Gasteiger partial charge in [0.1, 0.15) is 0 Å². The van der Waals surface area contributed by atoms with Crippen LogP contribution in [0.2, 0.25) is 10.0 Å². The van der Waals surface area contributed by atoms with Crippen molar-refractivity contribution >= 4 is 44.9 Å². The number of rotatable bonds is 4. The number of anilines is 1. The number of urea groups is 1. The number of amides is 2. The Morgan fingerprint density at radius 1 is 1.30 bits per heavy atom. The fourth-order valence-corrected chi connectivity index (χ4v) is 3.89. The summed E-state index contributed by atoms with van der Waals surface area (Å²) in [5, 5.41) is 6.13. The predicted octanol–water partition coefficient (Wildman–Crippen LogP) is 2.93. The third kappa shape index (κ3) is 4.73. The van der Waals surface area contributed by atoms with E-state index in [1.165, 1.54) is 4.31 Å². The van der Waals surface area contributed by atoms with Crippen LogP contribution in [0.15, 0.2) is 18.2 Å². The second kappa shape index (κ2) is 7.70. The maximum absolute atomic E-state index is 12.0. The van der Waals surface area contributed by atoms with E-state index >= 15 is 0 Å². The zero-order chi connectivity index (χ0) is 17.0. The molecule has 1 saturated heterocycles. The van der Waals surface area contributed by atoms with Crippen LogP contribution in [-0.4, -0.2) is 43.6 Å². The van der Waals surface area contributed by atoms with E-state index in [1.54, 1.807) is 25.1 Å². The SMILES string of the molecule is CCS(=O)(=O)N1CCC(NC(=O)Nc2cccc(Cl)c2Cl)CC1. The fourth-order valence-electron chi connectivity index (χ4n) is 2.41. The first kappa shape index (κ1) is 18.3. The molecule has 1 aromatic carbocycles. The van der Waals surface area contributed by atoms with Gasteiger partial charge in [-0.2, -0.15) is 0 Å². The van der Waals surface area contributed by atoms with E-state index in [0.29, 0.717) is 36.6 Å². The number of nitrogens with one attached hydrogen (secondary N) is 2. The lowest BCUT2D eigenvalue weighted by Crippen LogP contribution is -2.47. The summed E-state index contributed by atoms with van der Waals surface area (Å²) in [5.74, 6) is 0.0961. The highest BCUT2D eigenvalue weighted by Crippen LogP contribution is 2.29. The van der Waals surface area contributed by atoms with Crippen LogP contribution in [0.1, 0.15) is 19.8 Å². The first-order valence-corrected chi connectivity index (χ1v) is 9.69. The number of nitrogens with zero attached hydrogens (tertiary/aromatic N) is 1. The molecule has 0 saturated carbocycles. The molecule has 23 heavy (non-hydrogen) atoms. The molecule has 2 amide bonds. The molecule has 6 nitrogen and oxygen atoms in total. The molecule has 2 N–H and O–H groups in total. The molecular weight excluding hydrogens is 361 g/mol. The summed E-state index contributed by atoms with van der Waals surface area (Å²) in [5.41, 5.74) is 0.433. The molecule has 1 heterocycles. The van der Waals surface area contributed by atoms with Gasteiger partial charge in [-0.05, 0) is 31.9 Å². The second-order valence-electron chi connectivity index (χ2n) is 5.27. The minimum Gasteiger partial charge on any atom is -0.335 e. The third-order valence-electron chi connectivity index (χ3n) is 3.75. The van der Waals surface area contributed by atoms with Gasteiger partial charge < -0.3 is 10.6 Å². The molecule has 0 aliphatic carbocycles. The number of sulfonamides is 1. The third-order valence-corrected chi connectivity index (χ3v) is 6.45. The van der Waals surface area contributed by atoms with Crippen LogP contribution < -0.4 is 10.6 Å². The minimum absolute atomic E-state index is 0.0729. The molecule has 2 rings (SSSR count). The smallest absolute Gasteiger partial charge is 0.319 e. The van der Waals surface area contributed by atoms with Crippen molar-refractivity contribution in [3.63, 3.8) is 0 Å². The normalized spacial score (nSPS) is 17.0. The van der Waals surface area contributed by atoms with Gasteiger partial charge in [-0.25, -0.2) is 17.5 Å². The monoisotopic (exact) mass is 379 g/mol. The largest absolute Gasteiger partial charge is 0.335 e. The molecule has 1 aliphatic heterocycles. The van der Waals surface area contributed by atoms with E-state index in [-0.39, 0.29) is 22.8 Å². The lowest BCUT2D eigenvalue weighted by molar-refractivity contribution is 0.238. The van der Waals surface area contributed by atoms with E-state index in [2.05, 4.69) is 10.6 Å². The molecule has 128 valence electrons. The van der Waals surface area contributed by atoms with Gasteiger partial charge in [0.25, 0.3) is 0 Å². The zero-order valence-corrected chi connectivity index (χ0v) is 15.0. The Kier molecular flexibility index (Phi) is 6.13. The van der Waals surface area contributed by atoms with Crippen LogP contribution in [0, 0.1) is 0 Å². The van der Waals surface area contributed by atoms with E-state index in [1.807, 2.05) is 0 Å². The van der Waals surface area contributed by atoms with E-state index in [4.69, 9.17) is 23.2 Å². The lowest BCUT2D eigenvalue weighted by atomic mass is 10.1. The maximum atomic E-state index is 12.0. The van der Waals surface area contributed by atoms with Crippen molar-refractivity contribution in [3.8, 4) is 0 Å². The number of carbonyl (C=O) groups excluding carboxylic acids is 1. The van der Waals surface area contributed by atoms with Crippen molar-refractivity contribution in [1.29, 1.82) is 0 Å². The zero-order valence-electron chi connectivity index (χ0n) is 12.7. The Morgan fingerprint density at radius 3 is 2.57 bits per heavy atom. The fraction of sp³-hybridized carbons (Fsp3) is 0.500. The average molecular weight is 380 g/mol. The summed E-state index contributed by atoms with van der Waals surface area (Å²) in [6, 6.07) is 4.53. The molecule has 1 aromatic rings. The van der Waals surface area contributed by atoms with Crippen LogP contribution in [0.4, 0.5) is 10.5 Å². The number of halogens is 2. The highest BCUT2D eigenvalue weighted by atomic mass is 35.5. The molecule has 1 fully saturated rings. The summed E-state index contributed by atoms with van der Waals surface area (Å²) < 4.78 is 25.1. The summed E-state index contributed by atoms with van der Waals surface area (Å²) in [6.45, 7) is 2.46. The van der Waals surface area contributed by atoms with Crippen LogP contribution >= 0.6 is 23.2 Å². The van der Waals surface area contributed by atoms with Crippen LogP contribution in [0.5, 0.6) is 0 Å². The van der Waals surface area contributed by atoms with Gasteiger partial charge in [0.2, 0.25) is 10.0 Å². The predicted molar refractivity (Wildman–Crippen MR) is 92.7 cm³/mol. The quantitative estimate of drug-likeness (QED) is 0.843. The first-order valence-electron chi connectivity index (χ1n) is 7.33. The first-order chi connectivity index (χ1) is 10.8. The molecule has 0 radical (unpaired) electrons. The maximum Gasteiger partial charge on any atom is 0.319 e. The van der Waals surface area contributed by atoms with Crippen molar-refractivity contribution in [2.75, 3.05) is 24.2 Å². The van der Waals surface area contributed by atoms with Gasteiger partial charge in [-0.15, -0.1) is 0 Å². The molecule has 9 heteroatoms. The Morgan fingerprint density at radius 2 is 1.96 bits per heavy atom. The van der Waals surface area contributed by atoms with Gasteiger partial charge in [0.05, 0.1) is 21.5 Å². The molecule has 0 atom stereocenters. The van der Waals surface area contributed by atoms with E-state index < -0.39 is 10.0 Å². The van der Waals surface area contributed by atoms with Crippen LogP contribution in [-0.2, 0) is 10.0 Å². The number of piperidine rings is 1. The number of hydrogen-bond donors (Lipinski definition) is 2. The Labute approximate surface area is 146 Å². The summed E-state index contributed by atoms with van der Waals surface area (Å²) >= 11 is 11.9. The molecule has 0 spiro atoms. The number of carbonyl (C=O) groups is 1. The number of benzene rings is 1. The summed E-state index contributed by atoms with van der Waals surface area (Å²) in [7, 11) is -3.16. The van der Waals surface area contributed by atoms with Crippen LogP contribution in [0.3, 0.4) is 0 Å². The average Bonchev–Trinajstić information content (AvgIpc) is 2.52. The standard InChI is InChI=1S/C14H19Cl2N3O3S/c1-2-23(21,22)19-8-6-10(7-9-19)17-14(20)18-12-5-3-4-11(15)13(12)16/h3-5,10H,2,6-9H2,1H3,(H2,17,18,20).